The summed E-state index contributed by atoms with van der Waals surface area (Å²) in [5.74, 6) is -0.507. The van der Waals surface area contributed by atoms with Crippen LogP contribution in [0.4, 0.5) is 0 Å². The summed E-state index contributed by atoms with van der Waals surface area (Å²) in [6, 6.07) is 19.9. The number of phenols is 1. The van der Waals surface area contributed by atoms with E-state index in [9.17, 15) is 14.7 Å². The van der Waals surface area contributed by atoms with Crippen molar-refractivity contribution in [1.29, 1.82) is 0 Å². The largest absolute Gasteiger partial charge is 0.506 e. The number of hydrogen-bond donors (Lipinski definition) is 1. The van der Waals surface area contributed by atoms with Crippen LogP contribution in [0.15, 0.2) is 95.9 Å². The third-order valence-electron chi connectivity index (χ3n) is 6.15. The molecule has 3 aromatic carbocycles. The summed E-state index contributed by atoms with van der Waals surface area (Å²) in [6.45, 7) is 1.94. The van der Waals surface area contributed by atoms with Gasteiger partial charge in [-0.15, -0.1) is 11.8 Å². The highest BCUT2D eigenvalue weighted by molar-refractivity contribution is 9.11. The molecule has 0 saturated carbocycles. The number of carbonyl (C=O) groups excluding carboxylic acids is 1. The first-order valence-electron chi connectivity index (χ1n) is 11.9. The second kappa shape index (κ2) is 11.7. The highest BCUT2D eigenvalue weighted by atomic mass is 79.9. The molecule has 0 saturated heterocycles. The first kappa shape index (κ1) is 27.6. The van der Waals surface area contributed by atoms with E-state index in [-0.39, 0.29) is 17.9 Å². The number of hydrogen-bond acceptors (Lipinski definition) is 7. The van der Waals surface area contributed by atoms with Gasteiger partial charge in [0.1, 0.15) is 5.75 Å². The molecule has 1 aliphatic heterocycles. The maximum atomic E-state index is 14.0. The molecule has 6 nitrogen and oxygen atoms in total. The Morgan fingerprint density at radius 3 is 2.54 bits per heavy atom. The van der Waals surface area contributed by atoms with E-state index in [1.807, 2.05) is 60.9 Å². The molecule has 0 fully saturated rings. The predicted molar refractivity (Wildman–Crippen MR) is 163 cm³/mol. The molecular weight excluding hydrogens is 664 g/mol. The second-order valence-electron chi connectivity index (χ2n) is 8.53. The Balaban J connectivity index is 1.84. The van der Waals surface area contributed by atoms with Crippen LogP contribution in [0.2, 0.25) is 0 Å². The minimum atomic E-state index is -0.753. The molecule has 0 radical (unpaired) electrons. The molecule has 0 unspecified atom stereocenters. The quantitative estimate of drug-likeness (QED) is 0.202. The highest BCUT2D eigenvalue weighted by Crippen LogP contribution is 2.36. The van der Waals surface area contributed by atoms with Gasteiger partial charge < -0.3 is 9.84 Å². The molecule has 0 amide bonds. The molecule has 1 N–H and O–H groups in total. The Labute approximate surface area is 249 Å². The lowest BCUT2D eigenvalue weighted by Crippen LogP contribution is -2.40. The SMILES string of the molecule is CCOC(=O)C1=C(c2ccccc2)N=c2s/c(=C\c3cc(Br)cc(Br)c3O)c(=O)n2[C@H]1c1ccc(SC)cc1. The molecule has 198 valence electrons. The fourth-order valence-electron chi connectivity index (χ4n) is 4.38. The lowest BCUT2D eigenvalue weighted by atomic mass is 9.93. The van der Waals surface area contributed by atoms with E-state index < -0.39 is 12.0 Å². The molecule has 1 aromatic heterocycles. The van der Waals surface area contributed by atoms with Crippen LogP contribution in [0.3, 0.4) is 0 Å². The van der Waals surface area contributed by atoms with Gasteiger partial charge in [0.25, 0.3) is 5.56 Å². The van der Waals surface area contributed by atoms with Crippen LogP contribution in [-0.2, 0) is 9.53 Å². The first-order chi connectivity index (χ1) is 18.8. The molecule has 0 spiro atoms. The fraction of sp³-hybridized carbons (Fsp3) is 0.138. The topological polar surface area (TPSA) is 80.9 Å². The van der Waals surface area contributed by atoms with Crippen LogP contribution in [-0.4, -0.2) is 28.5 Å². The average Bonchev–Trinajstić information content (AvgIpc) is 3.25. The Bertz CT molecular complexity index is 1780. The number of thiazole rings is 1. The summed E-state index contributed by atoms with van der Waals surface area (Å²) in [5.41, 5.74) is 2.43. The van der Waals surface area contributed by atoms with Crippen molar-refractivity contribution in [3.05, 3.63) is 118 Å². The molecule has 10 heteroatoms. The molecule has 4 aromatic rings. The van der Waals surface area contributed by atoms with Gasteiger partial charge in [-0.25, -0.2) is 9.79 Å². The van der Waals surface area contributed by atoms with Crippen LogP contribution >= 0.6 is 55.0 Å². The van der Waals surface area contributed by atoms with Gasteiger partial charge in [-0.2, -0.15) is 0 Å². The van der Waals surface area contributed by atoms with E-state index in [0.29, 0.717) is 30.6 Å². The monoisotopic (exact) mass is 684 g/mol. The summed E-state index contributed by atoms with van der Waals surface area (Å²) in [6.07, 6.45) is 3.63. The Morgan fingerprint density at radius 1 is 1.15 bits per heavy atom. The second-order valence-corrected chi connectivity index (χ2v) is 12.2. The molecule has 1 aliphatic rings. The number of rotatable bonds is 6. The summed E-state index contributed by atoms with van der Waals surface area (Å²) in [4.78, 5) is 33.9. The zero-order valence-corrected chi connectivity index (χ0v) is 25.7. The lowest BCUT2D eigenvalue weighted by Gasteiger charge is -2.26. The van der Waals surface area contributed by atoms with Gasteiger partial charge in [-0.3, -0.25) is 9.36 Å². The number of thioether (sulfide) groups is 1. The van der Waals surface area contributed by atoms with Crippen molar-refractivity contribution in [3.63, 3.8) is 0 Å². The van der Waals surface area contributed by atoms with Crippen molar-refractivity contribution in [1.82, 2.24) is 4.57 Å². The van der Waals surface area contributed by atoms with Crippen molar-refractivity contribution >= 4 is 72.7 Å². The van der Waals surface area contributed by atoms with Gasteiger partial charge >= 0.3 is 5.97 Å². The summed E-state index contributed by atoms with van der Waals surface area (Å²) in [5, 5.41) is 10.6. The van der Waals surface area contributed by atoms with Crippen LogP contribution in [0.25, 0.3) is 11.8 Å². The van der Waals surface area contributed by atoms with E-state index in [0.717, 1.165) is 20.5 Å². The number of ether oxygens (including phenoxy) is 1. The Hall–Kier alpha value is -2.92. The maximum absolute atomic E-state index is 14.0. The van der Waals surface area contributed by atoms with Crippen LogP contribution < -0.4 is 14.9 Å². The van der Waals surface area contributed by atoms with E-state index >= 15 is 0 Å². The van der Waals surface area contributed by atoms with Gasteiger partial charge in [0.2, 0.25) is 0 Å². The average molecular weight is 686 g/mol. The summed E-state index contributed by atoms with van der Waals surface area (Å²) < 4.78 is 8.67. The zero-order chi connectivity index (χ0) is 27.7. The number of halogens is 2. The number of aromatic nitrogens is 1. The summed E-state index contributed by atoms with van der Waals surface area (Å²) >= 11 is 9.61. The Morgan fingerprint density at radius 2 is 1.87 bits per heavy atom. The number of esters is 1. The van der Waals surface area contributed by atoms with Crippen molar-refractivity contribution in [2.75, 3.05) is 12.9 Å². The molecule has 0 bridgehead atoms. The molecule has 1 atom stereocenters. The van der Waals surface area contributed by atoms with Gasteiger partial charge in [0.15, 0.2) is 4.80 Å². The van der Waals surface area contributed by atoms with Gasteiger partial charge in [-0.05, 0) is 65.0 Å². The lowest BCUT2D eigenvalue weighted by molar-refractivity contribution is -0.138. The van der Waals surface area contributed by atoms with Crippen molar-refractivity contribution in [3.8, 4) is 5.75 Å². The molecule has 2 heterocycles. The summed E-state index contributed by atoms with van der Waals surface area (Å²) in [7, 11) is 0. The van der Waals surface area contributed by atoms with Gasteiger partial charge in [0, 0.05) is 20.5 Å². The third kappa shape index (κ3) is 5.43. The van der Waals surface area contributed by atoms with E-state index in [2.05, 4.69) is 31.9 Å². The van der Waals surface area contributed by atoms with Crippen LogP contribution in [0.1, 0.15) is 29.7 Å². The Kier molecular flexibility index (Phi) is 8.27. The van der Waals surface area contributed by atoms with Crippen molar-refractivity contribution in [2.45, 2.75) is 17.9 Å². The smallest absolute Gasteiger partial charge is 0.338 e. The molecule has 39 heavy (non-hydrogen) atoms. The zero-order valence-electron chi connectivity index (χ0n) is 20.9. The van der Waals surface area contributed by atoms with Crippen molar-refractivity contribution < 1.29 is 14.6 Å². The standard InChI is InChI=1S/C29H22Br2N2O4S2/c1-3-37-28(36)23-24(16-7-5-4-6-8-16)32-29-33(25(23)17-9-11-20(38-2)12-10-17)27(35)22(39-29)14-18-13-19(30)15-21(31)26(18)34/h4-15,25,34H,3H2,1-2H3/b22-14-/t25-/m0/s1. The third-order valence-corrected chi connectivity index (χ3v) is 8.94. The fourth-order valence-corrected chi connectivity index (χ4v) is 7.04. The van der Waals surface area contributed by atoms with Crippen LogP contribution in [0.5, 0.6) is 5.75 Å². The minimum absolute atomic E-state index is 0.0189. The first-order valence-corrected chi connectivity index (χ1v) is 15.6. The maximum Gasteiger partial charge on any atom is 0.338 e. The number of carbonyl (C=O) groups is 1. The van der Waals surface area contributed by atoms with E-state index in [4.69, 9.17) is 9.73 Å². The highest BCUT2D eigenvalue weighted by Gasteiger charge is 2.35. The number of nitrogens with zero attached hydrogens (tertiary/aromatic N) is 2. The minimum Gasteiger partial charge on any atom is -0.506 e. The molecular formula is C29H22Br2N2O4S2. The number of phenolic OH excluding ortho intramolecular Hbond substituents is 1. The molecule has 0 aliphatic carbocycles. The number of aromatic hydroxyl groups is 1. The van der Waals surface area contributed by atoms with Gasteiger partial charge in [-0.1, -0.05) is 69.7 Å². The number of benzene rings is 3. The van der Waals surface area contributed by atoms with Gasteiger partial charge in [0.05, 0.1) is 32.9 Å². The normalized spacial score (nSPS) is 15.2. The number of fused-ring (bicyclic) bond motifs is 1. The molecule has 5 rings (SSSR count). The van der Waals surface area contributed by atoms with Crippen molar-refractivity contribution in [2.24, 2.45) is 4.99 Å². The van der Waals surface area contributed by atoms with E-state index in [1.54, 1.807) is 41.5 Å². The predicted octanol–water partition coefficient (Wildman–Crippen LogP) is 5.89. The van der Waals surface area contributed by atoms with Crippen LogP contribution in [0, 0.1) is 0 Å². The van der Waals surface area contributed by atoms with E-state index in [1.165, 1.54) is 11.3 Å².